The number of carbonyl (C=O) groups is 1. The molecule has 0 bridgehead atoms. The fourth-order valence-electron chi connectivity index (χ4n) is 3.23. The molecule has 2 aromatic heterocycles. The molecule has 1 atom stereocenters. The van der Waals surface area contributed by atoms with Gasteiger partial charge in [0.2, 0.25) is 5.91 Å². The van der Waals surface area contributed by atoms with Crippen LogP contribution in [0, 0.1) is 0 Å². The van der Waals surface area contributed by atoms with Crippen LogP contribution in [0.3, 0.4) is 0 Å². The van der Waals surface area contributed by atoms with E-state index in [0.29, 0.717) is 18.8 Å². The van der Waals surface area contributed by atoms with Crippen molar-refractivity contribution >= 4 is 17.4 Å². The van der Waals surface area contributed by atoms with Crippen molar-refractivity contribution in [2.24, 2.45) is 0 Å². The molecule has 136 valence electrons. The number of aromatic nitrogens is 2. The maximum Gasteiger partial charge on any atom is 0.271 e. The number of hydrogen-bond acceptors (Lipinski definition) is 5. The topological polar surface area (TPSA) is 81.3 Å². The summed E-state index contributed by atoms with van der Waals surface area (Å²) in [4.78, 5) is 34.9. The lowest BCUT2D eigenvalue weighted by Gasteiger charge is -2.26. The van der Waals surface area contributed by atoms with Crippen LogP contribution in [0.15, 0.2) is 48.0 Å². The molecule has 1 aliphatic rings. The minimum absolute atomic E-state index is 0.0695. The summed E-state index contributed by atoms with van der Waals surface area (Å²) in [7, 11) is 3.71. The first-order chi connectivity index (χ1) is 12.5. The van der Waals surface area contributed by atoms with E-state index in [1.807, 2.05) is 37.2 Å². The van der Waals surface area contributed by atoms with Crippen molar-refractivity contribution in [1.29, 1.82) is 0 Å². The summed E-state index contributed by atoms with van der Waals surface area (Å²) in [5.74, 6) is 0.693. The Hall–Kier alpha value is -3.09. The van der Waals surface area contributed by atoms with Crippen LogP contribution in [0.2, 0.25) is 0 Å². The molecule has 0 spiro atoms. The smallest absolute Gasteiger partial charge is 0.271 e. The number of pyridine rings is 2. The molecule has 2 N–H and O–H groups in total. The summed E-state index contributed by atoms with van der Waals surface area (Å²) < 4.78 is 0. The second kappa shape index (κ2) is 7.43. The predicted octanol–water partition coefficient (Wildman–Crippen LogP) is 1.70. The Morgan fingerprint density at radius 1 is 1.46 bits per heavy atom. The van der Waals surface area contributed by atoms with Crippen LogP contribution in [0.25, 0.3) is 11.1 Å². The van der Waals surface area contributed by atoms with Gasteiger partial charge in [0.05, 0.1) is 0 Å². The number of hydrogen-bond donors (Lipinski definition) is 2. The molecule has 26 heavy (non-hydrogen) atoms. The third-order valence-electron chi connectivity index (χ3n) is 4.81. The van der Waals surface area contributed by atoms with Crippen molar-refractivity contribution in [3.63, 3.8) is 0 Å². The van der Waals surface area contributed by atoms with E-state index >= 15 is 0 Å². The van der Waals surface area contributed by atoms with E-state index in [1.165, 1.54) is 6.08 Å². The van der Waals surface area contributed by atoms with Crippen molar-refractivity contribution in [2.75, 3.05) is 37.4 Å². The monoisotopic (exact) mass is 353 g/mol. The Morgan fingerprint density at radius 2 is 2.27 bits per heavy atom. The lowest BCUT2D eigenvalue weighted by atomic mass is 10.1. The van der Waals surface area contributed by atoms with Gasteiger partial charge in [0.15, 0.2) is 0 Å². The van der Waals surface area contributed by atoms with Crippen LogP contribution < -0.4 is 15.8 Å². The summed E-state index contributed by atoms with van der Waals surface area (Å²) in [6, 6.07) is 5.81. The van der Waals surface area contributed by atoms with Crippen LogP contribution in [0.5, 0.6) is 0 Å². The van der Waals surface area contributed by atoms with E-state index in [9.17, 15) is 9.59 Å². The van der Waals surface area contributed by atoms with Gasteiger partial charge in [0.25, 0.3) is 5.56 Å². The average molecular weight is 353 g/mol. The quantitative estimate of drug-likeness (QED) is 0.800. The van der Waals surface area contributed by atoms with E-state index in [4.69, 9.17) is 0 Å². The van der Waals surface area contributed by atoms with E-state index < -0.39 is 0 Å². The minimum Gasteiger partial charge on any atom is -0.373 e. The fourth-order valence-corrected chi connectivity index (χ4v) is 3.23. The Bertz CT molecular complexity index is 876. The summed E-state index contributed by atoms with van der Waals surface area (Å²) >= 11 is 0. The number of nitrogens with one attached hydrogen (secondary N) is 2. The summed E-state index contributed by atoms with van der Waals surface area (Å²) in [6.45, 7) is 4.80. The van der Waals surface area contributed by atoms with Crippen molar-refractivity contribution in [3.8, 4) is 11.1 Å². The number of likely N-dealkylation sites (tertiary alicyclic amines) is 1. The van der Waals surface area contributed by atoms with Gasteiger partial charge in [-0.3, -0.25) is 9.59 Å². The molecule has 1 aliphatic heterocycles. The van der Waals surface area contributed by atoms with Gasteiger partial charge >= 0.3 is 0 Å². The van der Waals surface area contributed by atoms with Crippen molar-refractivity contribution in [2.45, 2.75) is 12.5 Å². The molecular weight excluding hydrogens is 330 g/mol. The number of aromatic amines is 1. The lowest BCUT2D eigenvalue weighted by molar-refractivity contribution is -0.125. The second-order valence-corrected chi connectivity index (χ2v) is 6.32. The summed E-state index contributed by atoms with van der Waals surface area (Å²) in [6.07, 6.45) is 5.58. The standard InChI is InChI=1S/C19H23N5O2/c1-4-18(25)24-8-6-15(12-24)23(3)16-9-14(11-22-19(16)26)13-5-7-21-17(10-13)20-2/h4-5,7,9-11,15H,1,6,8,12H2,2-3H3,(H,20,21)(H,22,26). The van der Waals surface area contributed by atoms with Gasteiger partial charge in [0.1, 0.15) is 11.5 Å². The number of likely N-dealkylation sites (N-methyl/N-ethyl adjacent to an activating group) is 1. The minimum atomic E-state index is -0.146. The molecule has 3 rings (SSSR count). The Balaban J connectivity index is 1.87. The van der Waals surface area contributed by atoms with E-state index in [2.05, 4.69) is 21.9 Å². The Morgan fingerprint density at radius 3 is 3.00 bits per heavy atom. The van der Waals surface area contributed by atoms with Crippen molar-refractivity contribution in [1.82, 2.24) is 14.9 Å². The first kappa shape index (κ1) is 17.7. The second-order valence-electron chi connectivity index (χ2n) is 6.32. The molecule has 1 fully saturated rings. The van der Waals surface area contributed by atoms with Gasteiger partial charge in [-0.15, -0.1) is 0 Å². The van der Waals surface area contributed by atoms with Crippen LogP contribution >= 0.6 is 0 Å². The molecule has 1 unspecified atom stereocenters. The highest BCUT2D eigenvalue weighted by molar-refractivity contribution is 5.87. The third kappa shape index (κ3) is 3.46. The van der Waals surface area contributed by atoms with Crippen LogP contribution in [0.4, 0.5) is 11.5 Å². The molecule has 2 aromatic rings. The zero-order chi connectivity index (χ0) is 18.7. The number of carbonyl (C=O) groups excluding carboxylic acids is 1. The predicted molar refractivity (Wildman–Crippen MR) is 103 cm³/mol. The first-order valence-corrected chi connectivity index (χ1v) is 8.54. The maximum absolute atomic E-state index is 12.4. The van der Waals surface area contributed by atoms with Gasteiger partial charge in [-0.25, -0.2) is 4.98 Å². The van der Waals surface area contributed by atoms with Crippen molar-refractivity contribution < 1.29 is 4.79 Å². The van der Waals surface area contributed by atoms with Crippen LogP contribution in [-0.4, -0.2) is 54.0 Å². The fraction of sp³-hybridized carbons (Fsp3) is 0.316. The molecule has 7 nitrogen and oxygen atoms in total. The lowest BCUT2D eigenvalue weighted by Crippen LogP contribution is -2.38. The Labute approximate surface area is 152 Å². The SMILES string of the molecule is C=CC(=O)N1CCC(N(C)c2cc(-c3ccnc(NC)c3)c[nH]c2=O)C1. The number of rotatable bonds is 5. The van der Waals surface area contributed by atoms with E-state index in [0.717, 1.165) is 23.4 Å². The molecule has 0 saturated carbocycles. The molecule has 0 radical (unpaired) electrons. The zero-order valence-corrected chi connectivity index (χ0v) is 15.0. The number of anilines is 2. The van der Waals surface area contributed by atoms with Gasteiger partial charge in [-0.2, -0.15) is 0 Å². The zero-order valence-electron chi connectivity index (χ0n) is 15.0. The third-order valence-corrected chi connectivity index (χ3v) is 4.81. The number of amides is 1. The van der Waals surface area contributed by atoms with Gasteiger partial charge in [-0.1, -0.05) is 6.58 Å². The molecular formula is C19H23N5O2. The molecule has 0 aliphatic carbocycles. The molecule has 1 amide bonds. The first-order valence-electron chi connectivity index (χ1n) is 8.54. The molecule has 1 saturated heterocycles. The Kier molecular flexibility index (Phi) is 5.06. The normalized spacial score (nSPS) is 16.4. The van der Waals surface area contributed by atoms with Gasteiger partial charge in [0, 0.05) is 51.2 Å². The molecule has 0 aromatic carbocycles. The number of H-pyrrole nitrogens is 1. The van der Waals surface area contributed by atoms with E-state index in [1.54, 1.807) is 17.3 Å². The van der Waals surface area contributed by atoms with E-state index in [-0.39, 0.29) is 17.5 Å². The highest BCUT2D eigenvalue weighted by Crippen LogP contribution is 2.25. The summed E-state index contributed by atoms with van der Waals surface area (Å²) in [5.41, 5.74) is 2.31. The maximum atomic E-state index is 12.4. The summed E-state index contributed by atoms with van der Waals surface area (Å²) in [5, 5.41) is 3.01. The molecule has 3 heterocycles. The van der Waals surface area contributed by atoms with Gasteiger partial charge < -0.3 is 20.1 Å². The average Bonchev–Trinajstić information content (AvgIpc) is 3.17. The van der Waals surface area contributed by atoms with Gasteiger partial charge in [-0.05, 0) is 36.3 Å². The van der Waals surface area contributed by atoms with Crippen LogP contribution in [0.1, 0.15) is 6.42 Å². The largest absolute Gasteiger partial charge is 0.373 e. The highest BCUT2D eigenvalue weighted by Gasteiger charge is 2.29. The highest BCUT2D eigenvalue weighted by atomic mass is 16.2. The molecule has 7 heteroatoms. The number of nitrogens with zero attached hydrogens (tertiary/aromatic N) is 3. The van der Waals surface area contributed by atoms with Crippen LogP contribution in [-0.2, 0) is 4.79 Å². The van der Waals surface area contributed by atoms with Crippen molar-refractivity contribution in [3.05, 3.63) is 53.6 Å².